The van der Waals surface area contributed by atoms with E-state index in [0.29, 0.717) is 0 Å². The Morgan fingerprint density at radius 2 is 2.22 bits per heavy atom. The lowest BCUT2D eigenvalue weighted by molar-refractivity contribution is 0.239. The fraction of sp³-hybridized carbons (Fsp3) is 0.353. The third-order valence-corrected chi connectivity index (χ3v) is 4.43. The molecule has 4 rings (SSSR count). The summed E-state index contributed by atoms with van der Waals surface area (Å²) < 4.78 is 3.49. The molecule has 0 saturated heterocycles. The smallest absolute Gasteiger partial charge is 0.266 e. The van der Waals surface area contributed by atoms with Gasteiger partial charge in [0.05, 0.1) is 11.4 Å². The van der Waals surface area contributed by atoms with Gasteiger partial charge >= 0.3 is 0 Å². The summed E-state index contributed by atoms with van der Waals surface area (Å²) in [7, 11) is 1.70. The molecule has 0 radical (unpaired) electrons. The molecule has 0 aliphatic carbocycles. The lowest BCUT2D eigenvalue weighted by atomic mass is 10.1. The zero-order valence-electron chi connectivity index (χ0n) is 13.4. The molecular weight excluding hydrogens is 290 g/mol. The predicted octanol–water partition coefficient (Wildman–Crippen LogP) is 1.29. The van der Waals surface area contributed by atoms with Gasteiger partial charge in [0.1, 0.15) is 5.65 Å². The molecule has 0 aromatic carbocycles. The molecule has 0 unspecified atom stereocenters. The average Bonchev–Trinajstić information content (AvgIpc) is 2.93. The molecule has 0 spiro atoms. The molecule has 23 heavy (non-hydrogen) atoms. The Labute approximate surface area is 134 Å². The van der Waals surface area contributed by atoms with E-state index >= 15 is 0 Å². The van der Waals surface area contributed by atoms with Crippen molar-refractivity contribution in [2.24, 2.45) is 7.05 Å². The molecule has 1 aliphatic heterocycles. The van der Waals surface area contributed by atoms with Gasteiger partial charge in [0, 0.05) is 51.6 Å². The number of hydrogen-bond donors (Lipinski definition) is 0. The summed E-state index contributed by atoms with van der Waals surface area (Å²) in [6, 6.07) is 5.82. The van der Waals surface area contributed by atoms with Crippen LogP contribution in [0.25, 0.3) is 5.65 Å². The Morgan fingerprint density at radius 3 is 3.04 bits per heavy atom. The first-order chi connectivity index (χ1) is 11.1. The van der Waals surface area contributed by atoms with Gasteiger partial charge in [0.15, 0.2) is 0 Å². The lowest BCUT2D eigenvalue weighted by Crippen LogP contribution is -2.34. The highest BCUT2D eigenvalue weighted by atomic mass is 16.1. The van der Waals surface area contributed by atoms with Crippen molar-refractivity contribution in [3.63, 3.8) is 0 Å². The normalized spacial score (nSPS) is 15.0. The van der Waals surface area contributed by atoms with Crippen molar-refractivity contribution < 1.29 is 0 Å². The summed E-state index contributed by atoms with van der Waals surface area (Å²) in [6.07, 6.45) is 4.98. The van der Waals surface area contributed by atoms with E-state index in [1.807, 2.05) is 12.3 Å². The summed E-state index contributed by atoms with van der Waals surface area (Å²) in [5.74, 6) is 0. The van der Waals surface area contributed by atoms with Crippen LogP contribution in [-0.2, 0) is 26.6 Å². The van der Waals surface area contributed by atoms with Gasteiger partial charge in [-0.3, -0.25) is 9.69 Å². The second-order valence-electron chi connectivity index (χ2n) is 6.19. The molecule has 4 heterocycles. The first kappa shape index (κ1) is 14.1. The number of nitrogens with zero attached hydrogens (tertiary/aromatic N) is 5. The average molecular weight is 309 g/mol. The van der Waals surface area contributed by atoms with Gasteiger partial charge in [0.2, 0.25) is 0 Å². The van der Waals surface area contributed by atoms with Crippen molar-refractivity contribution in [1.82, 2.24) is 24.1 Å². The number of imidazole rings is 1. The third-order valence-electron chi connectivity index (χ3n) is 4.43. The van der Waals surface area contributed by atoms with Crippen molar-refractivity contribution in [1.29, 1.82) is 0 Å². The SMILES string of the molecule is Cc1cccn2cc(CN3CCc4nn(C)c(=O)cc4C3)nc12. The van der Waals surface area contributed by atoms with Gasteiger partial charge in [-0.25, -0.2) is 9.67 Å². The minimum Gasteiger partial charge on any atom is -0.307 e. The number of pyridine rings is 1. The molecule has 0 amide bonds. The highest BCUT2D eigenvalue weighted by molar-refractivity contribution is 5.47. The van der Waals surface area contributed by atoms with Crippen LogP contribution >= 0.6 is 0 Å². The number of rotatable bonds is 2. The summed E-state index contributed by atoms with van der Waals surface area (Å²) in [6.45, 7) is 4.55. The van der Waals surface area contributed by atoms with E-state index in [2.05, 4.69) is 33.6 Å². The van der Waals surface area contributed by atoms with Crippen molar-refractivity contribution in [2.45, 2.75) is 26.4 Å². The van der Waals surface area contributed by atoms with Crippen LogP contribution in [0, 0.1) is 6.92 Å². The Bertz CT molecular complexity index is 940. The Morgan fingerprint density at radius 1 is 1.35 bits per heavy atom. The van der Waals surface area contributed by atoms with Crippen molar-refractivity contribution in [3.8, 4) is 0 Å². The molecule has 0 saturated carbocycles. The Balaban J connectivity index is 1.58. The molecule has 0 bridgehead atoms. The van der Waals surface area contributed by atoms with E-state index in [4.69, 9.17) is 4.98 Å². The van der Waals surface area contributed by atoms with Gasteiger partial charge in [0.25, 0.3) is 5.56 Å². The molecule has 6 heteroatoms. The summed E-state index contributed by atoms with van der Waals surface area (Å²) in [5, 5.41) is 4.36. The molecule has 0 N–H and O–H groups in total. The number of aryl methyl sites for hydroxylation is 2. The molecule has 0 atom stereocenters. The van der Waals surface area contributed by atoms with Gasteiger partial charge in [-0.05, 0) is 24.1 Å². The van der Waals surface area contributed by atoms with Crippen LogP contribution in [0.2, 0.25) is 0 Å². The largest absolute Gasteiger partial charge is 0.307 e. The van der Waals surface area contributed by atoms with Crippen LogP contribution in [0.4, 0.5) is 0 Å². The summed E-state index contributed by atoms with van der Waals surface area (Å²) in [5.41, 5.74) is 5.27. The summed E-state index contributed by atoms with van der Waals surface area (Å²) in [4.78, 5) is 18.8. The first-order valence-electron chi connectivity index (χ1n) is 7.82. The molecule has 0 fully saturated rings. The highest BCUT2D eigenvalue weighted by Crippen LogP contribution is 2.18. The Kier molecular flexibility index (Phi) is 3.27. The van der Waals surface area contributed by atoms with E-state index in [1.54, 1.807) is 13.1 Å². The van der Waals surface area contributed by atoms with E-state index in [9.17, 15) is 4.79 Å². The first-order valence-corrected chi connectivity index (χ1v) is 7.82. The van der Waals surface area contributed by atoms with Crippen LogP contribution in [-0.4, -0.2) is 30.6 Å². The van der Waals surface area contributed by atoms with Crippen molar-refractivity contribution in [2.75, 3.05) is 6.54 Å². The Hall–Kier alpha value is -2.47. The standard InChI is InChI=1S/C17H19N5O/c1-12-4-3-6-22-11-14(18-17(12)22)10-21-7-5-15-13(9-21)8-16(23)20(2)19-15/h3-4,6,8,11H,5,7,9-10H2,1-2H3. The molecule has 6 nitrogen and oxygen atoms in total. The molecule has 3 aromatic heterocycles. The maximum absolute atomic E-state index is 11.8. The van der Waals surface area contributed by atoms with Crippen LogP contribution in [0.5, 0.6) is 0 Å². The van der Waals surface area contributed by atoms with Crippen LogP contribution in [0.15, 0.2) is 35.4 Å². The maximum atomic E-state index is 11.8. The minimum absolute atomic E-state index is 0.0473. The van der Waals surface area contributed by atoms with Crippen LogP contribution < -0.4 is 5.56 Å². The number of aromatic nitrogens is 4. The highest BCUT2D eigenvalue weighted by Gasteiger charge is 2.19. The monoisotopic (exact) mass is 309 g/mol. The summed E-state index contributed by atoms with van der Waals surface area (Å²) >= 11 is 0. The van der Waals surface area contributed by atoms with E-state index in [-0.39, 0.29) is 5.56 Å². The number of hydrogen-bond acceptors (Lipinski definition) is 4. The quantitative estimate of drug-likeness (QED) is 0.716. The predicted molar refractivity (Wildman–Crippen MR) is 87.2 cm³/mol. The second kappa shape index (κ2) is 5.31. The molecule has 3 aromatic rings. The van der Waals surface area contributed by atoms with Gasteiger partial charge < -0.3 is 4.40 Å². The van der Waals surface area contributed by atoms with E-state index < -0.39 is 0 Å². The zero-order chi connectivity index (χ0) is 16.0. The molecule has 1 aliphatic rings. The van der Waals surface area contributed by atoms with Crippen molar-refractivity contribution in [3.05, 3.63) is 63.5 Å². The van der Waals surface area contributed by atoms with Crippen LogP contribution in [0.1, 0.15) is 22.5 Å². The zero-order valence-corrected chi connectivity index (χ0v) is 13.4. The second-order valence-corrected chi connectivity index (χ2v) is 6.19. The van der Waals surface area contributed by atoms with Crippen molar-refractivity contribution >= 4 is 5.65 Å². The minimum atomic E-state index is -0.0473. The van der Waals surface area contributed by atoms with Gasteiger partial charge in [-0.1, -0.05) is 6.07 Å². The topological polar surface area (TPSA) is 55.4 Å². The van der Waals surface area contributed by atoms with E-state index in [0.717, 1.165) is 48.7 Å². The number of fused-ring (bicyclic) bond motifs is 2. The fourth-order valence-corrected chi connectivity index (χ4v) is 3.20. The third kappa shape index (κ3) is 2.55. The van der Waals surface area contributed by atoms with E-state index in [1.165, 1.54) is 10.2 Å². The maximum Gasteiger partial charge on any atom is 0.266 e. The van der Waals surface area contributed by atoms with Gasteiger partial charge in [-0.15, -0.1) is 0 Å². The lowest BCUT2D eigenvalue weighted by Gasteiger charge is -2.27. The fourth-order valence-electron chi connectivity index (χ4n) is 3.20. The van der Waals surface area contributed by atoms with Crippen LogP contribution in [0.3, 0.4) is 0 Å². The molecule has 118 valence electrons. The van der Waals surface area contributed by atoms with Gasteiger partial charge in [-0.2, -0.15) is 5.10 Å². The molecular formula is C17H19N5O.